The Kier molecular flexibility index (Phi) is 5.41. The molecule has 0 bridgehead atoms. The molecule has 1 fully saturated rings. The standard InChI is InChI=1S/C16H25N3O/c1-17-15-6-4-3-5-14(15)16(20)18-10-7-13-8-11-19(2)12-9-13/h3-6,13,17H,7-12H2,1-2H3,(H,18,20). The van der Waals surface area contributed by atoms with Crippen molar-refractivity contribution in [2.75, 3.05) is 39.0 Å². The number of nitrogens with one attached hydrogen (secondary N) is 2. The van der Waals surface area contributed by atoms with E-state index in [2.05, 4.69) is 22.6 Å². The van der Waals surface area contributed by atoms with E-state index in [0.29, 0.717) is 0 Å². The lowest BCUT2D eigenvalue weighted by molar-refractivity contribution is 0.0949. The number of piperidine rings is 1. The summed E-state index contributed by atoms with van der Waals surface area (Å²) in [6.07, 6.45) is 3.58. The van der Waals surface area contributed by atoms with Gasteiger partial charge < -0.3 is 15.5 Å². The van der Waals surface area contributed by atoms with Crippen molar-refractivity contribution in [3.63, 3.8) is 0 Å². The number of nitrogens with zero attached hydrogens (tertiary/aromatic N) is 1. The van der Waals surface area contributed by atoms with Gasteiger partial charge in [0.2, 0.25) is 0 Å². The summed E-state index contributed by atoms with van der Waals surface area (Å²) in [5.41, 5.74) is 1.60. The second-order valence-electron chi connectivity index (χ2n) is 5.59. The molecule has 0 radical (unpaired) electrons. The highest BCUT2D eigenvalue weighted by Crippen LogP contribution is 2.19. The highest BCUT2D eigenvalue weighted by molar-refractivity contribution is 5.99. The minimum absolute atomic E-state index is 0.0166. The van der Waals surface area contributed by atoms with Crippen molar-refractivity contribution in [1.29, 1.82) is 0 Å². The van der Waals surface area contributed by atoms with Crippen LogP contribution in [0.15, 0.2) is 24.3 Å². The van der Waals surface area contributed by atoms with E-state index < -0.39 is 0 Å². The van der Waals surface area contributed by atoms with Gasteiger partial charge in [0, 0.05) is 19.3 Å². The monoisotopic (exact) mass is 275 g/mol. The van der Waals surface area contributed by atoms with Gasteiger partial charge in [0.05, 0.1) is 5.56 Å². The number of benzene rings is 1. The lowest BCUT2D eigenvalue weighted by Gasteiger charge is -2.28. The maximum absolute atomic E-state index is 12.2. The Hall–Kier alpha value is -1.55. The molecule has 1 aliphatic rings. The molecule has 0 atom stereocenters. The predicted octanol–water partition coefficient (Wildman–Crippen LogP) is 2.19. The highest BCUT2D eigenvalue weighted by atomic mass is 16.1. The zero-order valence-electron chi connectivity index (χ0n) is 12.5. The lowest BCUT2D eigenvalue weighted by Crippen LogP contribution is -2.32. The van der Waals surface area contributed by atoms with Crippen LogP contribution in [0.2, 0.25) is 0 Å². The number of carbonyl (C=O) groups excluding carboxylic acids is 1. The summed E-state index contributed by atoms with van der Waals surface area (Å²) in [4.78, 5) is 14.5. The molecule has 20 heavy (non-hydrogen) atoms. The van der Waals surface area contributed by atoms with Gasteiger partial charge in [0.1, 0.15) is 0 Å². The molecular formula is C16H25N3O. The number of hydrogen-bond donors (Lipinski definition) is 2. The van der Waals surface area contributed by atoms with Crippen LogP contribution < -0.4 is 10.6 Å². The van der Waals surface area contributed by atoms with Crippen molar-refractivity contribution in [3.8, 4) is 0 Å². The van der Waals surface area contributed by atoms with Crippen LogP contribution in [0.5, 0.6) is 0 Å². The molecule has 1 aromatic carbocycles. The van der Waals surface area contributed by atoms with Gasteiger partial charge in [-0.15, -0.1) is 0 Å². The van der Waals surface area contributed by atoms with Crippen LogP contribution in [-0.4, -0.2) is 44.5 Å². The predicted molar refractivity (Wildman–Crippen MR) is 83.2 cm³/mol. The summed E-state index contributed by atoms with van der Waals surface area (Å²) in [6.45, 7) is 3.13. The van der Waals surface area contributed by atoms with Crippen molar-refractivity contribution in [2.45, 2.75) is 19.3 Å². The number of anilines is 1. The largest absolute Gasteiger partial charge is 0.387 e. The van der Waals surface area contributed by atoms with Crippen molar-refractivity contribution in [2.24, 2.45) is 5.92 Å². The fourth-order valence-corrected chi connectivity index (χ4v) is 2.73. The minimum Gasteiger partial charge on any atom is -0.387 e. The lowest BCUT2D eigenvalue weighted by atomic mass is 9.94. The smallest absolute Gasteiger partial charge is 0.253 e. The molecule has 0 aliphatic carbocycles. The Labute approximate surface area is 121 Å². The number of likely N-dealkylation sites (tertiary alicyclic amines) is 1. The van der Waals surface area contributed by atoms with E-state index in [1.54, 1.807) is 0 Å². The van der Waals surface area contributed by atoms with E-state index in [0.717, 1.165) is 30.1 Å². The third-order valence-electron chi connectivity index (χ3n) is 4.12. The molecule has 2 N–H and O–H groups in total. The fraction of sp³-hybridized carbons (Fsp3) is 0.562. The second-order valence-corrected chi connectivity index (χ2v) is 5.59. The van der Waals surface area contributed by atoms with E-state index in [1.807, 2.05) is 31.3 Å². The number of carbonyl (C=O) groups is 1. The SMILES string of the molecule is CNc1ccccc1C(=O)NCCC1CCN(C)CC1. The van der Waals surface area contributed by atoms with Crippen molar-refractivity contribution in [3.05, 3.63) is 29.8 Å². The molecule has 1 amide bonds. The van der Waals surface area contributed by atoms with Crippen LogP contribution in [0.3, 0.4) is 0 Å². The number of amides is 1. The third kappa shape index (κ3) is 3.97. The van der Waals surface area contributed by atoms with Crippen LogP contribution in [0.1, 0.15) is 29.6 Å². The van der Waals surface area contributed by atoms with Gasteiger partial charge in [0.15, 0.2) is 0 Å². The second kappa shape index (κ2) is 7.29. The van der Waals surface area contributed by atoms with Gasteiger partial charge in [-0.05, 0) is 57.5 Å². The summed E-state index contributed by atoms with van der Waals surface area (Å²) in [7, 11) is 4.01. The Morgan fingerprint density at radius 3 is 2.70 bits per heavy atom. The highest BCUT2D eigenvalue weighted by Gasteiger charge is 2.17. The molecule has 1 heterocycles. The molecule has 1 aliphatic heterocycles. The van der Waals surface area contributed by atoms with Gasteiger partial charge in [-0.25, -0.2) is 0 Å². The summed E-state index contributed by atoms with van der Waals surface area (Å²) >= 11 is 0. The Balaban J connectivity index is 1.78. The van der Waals surface area contributed by atoms with E-state index >= 15 is 0 Å². The van der Waals surface area contributed by atoms with Crippen LogP contribution in [0.25, 0.3) is 0 Å². The average Bonchev–Trinajstić information content (AvgIpc) is 2.49. The van der Waals surface area contributed by atoms with Crippen LogP contribution in [-0.2, 0) is 0 Å². The van der Waals surface area contributed by atoms with Crippen LogP contribution in [0.4, 0.5) is 5.69 Å². The van der Waals surface area contributed by atoms with Crippen molar-refractivity contribution < 1.29 is 4.79 Å². The molecule has 4 nitrogen and oxygen atoms in total. The summed E-state index contributed by atoms with van der Waals surface area (Å²) in [5, 5.41) is 6.09. The molecule has 0 unspecified atom stereocenters. The van der Waals surface area contributed by atoms with Crippen molar-refractivity contribution in [1.82, 2.24) is 10.2 Å². The first-order valence-electron chi connectivity index (χ1n) is 7.44. The summed E-state index contributed by atoms with van der Waals surface area (Å²) < 4.78 is 0. The Morgan fingerprint density at radius 1 is 1.30 bits per heavy atom. The van der Waals surface area contributed by atoms with Gasteiger partial charge in [-0.3, -0.25) is 4.79 Å². The maximum atomic E-state index is 12.2. The fourth-order valence-electron chi connectivity index (χ4n) is 2.73. The molecule has 1 aromatic rings. The summed E-state index contributed by atoms with van der Waals surface area (Å²) in [6, 6.07) is 7.61. The third-order valence-corrected chi connectivity index (χ3v) is 4.12. The first kappa shape index (κ1) is 14.9. The molecule has 110 valence electrons. The average molecular weight is 275 g/mol. The number of rotatable bonds is 5. The number of para-hydroxylation sites is 1. The van der Waals surface area contributed by atoms with Gasteiger partial charge in [-0.2, -0.15) is 0 Å². The van der Waals surface area contributed by atoms with Crippen molar-refractivity contribution >= 4 is 11.6 Å². The van der Waals surface area contributed by atoms with Gasteiger partial charge in [-0.1, -0.05) is 12.1 Å². The quantitative estimate of drug-likeness (QED) is 0.866. The zero-order chi connectivity index (χ0) is 14.4. The molecule has 4 heteroatoms. The molecular weight excluding hydrogens is 250 g/mol. The Bertz CT molecular complexity index is 439. The van der Waals surface area contributed by atoms with E-state index in [4.69, 9.17) is 0 Å². The van der Waals surface area contributed by atoms with Crippen LogP contribution in [0, 0.1) is 5.92 Å². The maximum Gasteiger partial charge on any atom is 0.253 e. The van der Waals surface area contributed by atoms with E-state index in [-0.39, 0.29) is 5.91 Å². The van der Waals surface area contributed by atoms with Gasteiger partial charge in [0.25, 0.3) is 5.91 Å². The first-order valence-corrected chi connectivity index (χ1v) is 7.44. The molecule has 0 spiro atoms. The molecule has 1 saturated heterocycles. The van der Waals surface area contributed by atoms with Crippen LogP contribution >= 0.6 is 0 Å². The van der Waals surface area contributed by atoms with E-state index in [9.17, 15) is 4.79 Å². The molecule has 0 saturated carbocycles. The zero-order valence-corrected chi connectivity index (χ0v) is 12.5. The van der Waals surface area contributed by atoms with Gasteiger partial charge >= 0.3 is 0 Å². The van der Waals surface area contributed by atoms with E-state index in [1.165, 1.54) is 25.9 Å². The Morgan fingerprint density at radius 2 is 2.00 bits per heavy atom. The topological polar surface area (TPSA) is 44.4 Å². The summed E-state index contributed by atoms with van der Waals surface area (Å²) in [5.74, 6) is 0.772. The molecule has 2 rings (SSSR count). The first-order chi connectivity index (χ1) is 9.70. The number of hydrogen-bond acceptors (Lipinski definition) is 3. The normalized spacial score (nSPS) is 16.9. The molecule has 0 aromatic heterocycles. The minimum atomic E-state index is 0.0166.